The molecule has 0 spiro atoms. The van der Waals surface area contributed by atoms with E-state index in [2.05, 4.69) is 20.6 Å². The molecule has 0 saturated carbocycles. The number of hydrogen-bond acceptors (Lipinski definition) is 6. The third kappa shape index (κ3) is 3.89. The van der Waals surface area contributed by atoms with Gasteiger partial charge in [-0.2, -0.15) is 15.5 Å². The third-order valence-electron chi connectivity index (χ3n) is 4.09. The number of rotatable bonds is 5. The first-order chi connectivity index (χ1) is 14.1. The molecule has 1 N–H and O–H groups in total. The van der Waals surface area contributed by atoms with Crippen molar-refractivity contribution >= 4 is 12.1 Å². The summed E-state index contributed by atoms with van der Waals surface area (Å²) in [5.41, 5.74) is 5.77. The van der Waals surface area contributed by atoms with Crippen LogP contribution in [0.2, 0.25) is 0 Å². The van der Waals surface area contributed by atoms with Gasteiger partial charge in [-0.1, -0.05) is 18.2 Å². The van der Waals surface area contributed by atoms with Crippen molar-refractivity contribution < 1.29 is 8.81 Å². The molecule has 0 aliphatic rings. The standard InChI is InChI=1S/C21H15FN6O/c1-14-25-19(11-23)21(29-14)26-24-12-16-13-28(18-5-3-2-4-6-18)27-20(16)15-7-9-17(22)10-8-15/h2-10,12-13,26H,1H3. The summed E-state index contributed by atoms with van der Waals surface area (Å²) in [5.74, 6) is 0.209. The van der Waals surface area contributed by atoms with Crippen molar-refractivity contribution in [2.45, 2.75) is 6.92 Å². The monoisotopic (exact) mass is 386 g/mol. The fourth-order valence-electron chi connectivity index (χ4n) is 2.77. The van der Waals surface area contributed by atoms with Crippen LogP contribution >= 0.6 is 0 Å². The highest BCUT2D eigenvalue weighted by Gasteiger charge is 2.12. The quantitative estimate of drug-likeness (QED) is 0.408. The Hall–Kier alpha value is -4.25. The van der Waals surface area contributed by atoms with Gasteiger partial charge in [0.15, 0.2) is 5.89 Å². The lowest BCUT2D eigenvalue weighted by Crippen LogP contribution is -1.94. The van der Waals surface area contributed by atoms with Crippen LogP contribution in [0.4, 0.5) is 10.3 Å². The summed E-state index contributed by atoms with van der Waals surface area (Å²) >= 11 is 0. The van der Waals surface area contributed by atoms with E-state index in [4.69, 9.17) is 9.68 Å². The molecule has 2 aromatic carbocycles. The second kappa shape index (κ2) is 7.78. The van der Waals surface area contributed by atoms with Crippen LogP contribution in [0.3, 0.4) is 0 Å². The molecule has 0 amide bonds. The molecule has 142 valence electrons. The minimum absolute atomic E-state index is 0.124. The van der Waals surface area contributed by atoms with E-state index in [0.29, 0.717) is 17.1 Å². The Morgan fingerprint density at radius 3 is 2.66 bits per heavy atom. The van der Waals surface area contributed by atoms with Crippen molar-refractivity contribution in [3.05, 3.63) is 83.8 Å². The van der Waals surface area contributed by atoms with Gasteiger partial charge >= 0.3 is 0 Å². The van der Waals surface area contributed by atoms with Crippen LogP contribution in [0.5, 0.6) is 0 Å². The van der Waals surface area contributed by atoms with E-state index in [1.807, 2.05) is 42.6 Å². The number of hydrogen-bond donors (Lipinski definition) is 1. The summed E-state index contributed by atoms with van der Waals surface area (Å²) in [6.45, 7) is 1.65. The molecule has 0 fully saturated rings. The number of nitriles is 1. The number of aryl methyl sites for hydroxylation is 1. The predicted molar refractivity (Wildman–Crippen MR) is 106 cm³/mol. The molecule has 29 heavy (non-hydrogen) atoms. The molecule has 0 aliphatic carbocycles. The molecule has 2 heterocycles. The Morgan fingerprint density at radius 2 is 1.93 bits per heavy atom. The van der Waals surface area contributed by atoms with Gasteiger partial charge in [-0.15, -0.1) is 0 Å². The number of oxazole rings is 1. The van der Waals surface area contributed by atoms with Crippen LogP contribution < -0.4 is 5.43 Å². The molecule has 0 radical (unpaired) electrons. The van der Waals surface area contributed by atoms with Gasteiger partial charge in [0.25, 0.3) is 5.88 Å². The average Bonchev–Trinajstić information content (AvgIpc) is 3.32. The lowest BCUT2D eigenvalue weighted by molar-refractivity contribution is 0.533. The molecular formula is C21H15FN6O. The minimum atomic E-state index is -0.321. The van der Waals surface area contributed by atoms with Gasteiger partial charge < -0.3 is 4.42 Å². The van der Waals surface area contributed by atoms with E-state index in [9.17, 15) is 4.39 Å². The molecule has 4 aromatic rings. The lowest BCUT2D eigenvalue weighted by atomic mass is 10.1. The van der Waals surface area contributed by atoms with Gasteiger partial charge in [0, 0.05) is 24.2 Å². The summed E-state index contributed by atoms with van der Waals surface area (Å²) in [6.07, 6.45) is 3.38. The molecule has 0 bridgehead atoms. The minimum Gasteiger partial charge on any atom is -0.422 e. The van der Waals surface area contributed by atoms with Crippen LogP contribution in [0.15, 0.2) is 70.3 Å². The van der Waals surface area contributed by atoms with E-state index < -0.39 is 0 Å². The number of para-hydroxylation sites is 1. The Labute approximate surface area is 165 Å². The van der Waals surface area contributed by atoms with Gasteiger partial charge in [-0.3, -0.25) is 0 Å². The Bertz CT molecular complexity index is 1200. The zero-order valence-electron chi connectivity index (χ0n) is 15.4. The van der Waals surface area contributed by atoms with E-state index in [0.717, 1.165) is 11.3 Å². The fourth-order valence-corrected chi connectivity index (χ4v) is 2.77. The Morgan fingerprint density at radius 1 is 1.17 bits per heavy atom. The highest BCUT2D eigenvalue weighted by Crippen LogP contribution is 2.23. The topological polar surface area (TPSA) is 92.0 Å². The summed E-state index contributed by atoms with van der Waals surface area (Å²) in [4.78, 5) is 3.96. The number of benzene rings is 2. The number of aromatic nitrogens is 3. The van der Waals surface area contributed by atoms with Gasteiger partial charge in [0.2, 0.25) is 5.69 Å². The zero-order chi connectivity index (χ0) is 20.2. The van der Waals surface area contributed by atoms with E-state index in [-0.39, 0.29) is 17.4 Å². The van der Waals surface area contributed by atoms with Gasteiger partial charge in [-0.05, 0) is 36.4 Å². The SMILES string of the molecule is Cc1nc(C#N)c(NN=Cc2cn(-c3ccccc3)nc2-c2ccc(F)cc2)o1. The molecule has 0 unspecified atom stereocenters. The molecule has 0 saturated heterocycles. The smallest absolute Gasteiger partial charge is 0.252 e. The van der Waals surface area contributed by atoms with Crippen LogP contribution in [0, 0.1) is 24.1 Å². The maximum atomic E-state index is 13.3. The second-order valence-corrected chi connectivity index (χ2v) is 6.11. The van der Waals surface area contributed by atoms with Crippen molar-refractivity contribution in [2.75, 3.05) is 5.43 Å². The first kappa shape index (κ1) is 18.1. The fraction of sp³-hybridized carbons (Fsp3) is 0.0476. The summed E-state index contributed by atoms with van der Waals surface area (Å²) in [5, 5.41) is 17.9. The zero-order valence-corrected chi connectivity index (χ0v) is 15.4. The first-order valence-electron chi connectivity index (χ1n) is 8.71. The Balaban J connectivity index is 1.70. The number of anilines is 1. The largest absolute Gasteiger partial charge is 0.422 e. The lowest BCUT2D eigenvalue weighted by Gasteiger charge is -2.00. The van der Waals surface area contributed by atoms with Gasteiger partial charge in [0.05, 0.1) is 11.9 Å². The van der Waals surface area contributed by atoms with Gasteiger partial charge in [0.1, 0.15) is 17.6 Å². The van der Waals surface area contributed by atoms with E-state index in [1.165, 1.54) is 12.1 Å². The van der Waals surface area contributed by atoms with Crippen LogP contribution in [-0.2, 0) is 0 Å². The van der Waals surface area contributed by atoms with Crippen LogP contribution in [0.25, 0.3) is 16.9 Å². The molecule has 0 atom stereocenters. The summed E-state index contributed by atoms with van der Waals surface area (Å²) in [7, 11) is 0. The Kier molecular flexibility index (Phi) is 4.86. The summed E-state index contributed by atoms with van der Waals surface area (Å²) < 4.78 is 20.4. The summed E-state index contributed by atoms with van der Waals surface area (Å²) in [6, 6.07) is 17.6. The number of nitrogens with zero attached hydrogens (tertiary/aromatic N) is 5. The maximum Gasteiger partial charge on any atom is 0.252 e. The molecule has 7 nitrogen and oxygen atoms in total. The highest BCUT2D eigenvalue weighted by atomic mass is 19.1. The molecule has 4 rings (SSSR count). The van der Waals surface area contributed by atoms with Crippen molar-refractivity contribution in [1.29, 1.82) is 5.26 Å². The third-order valence-corrected chi connectivity index (χ3v) is 4.09. The van der Waals surface area contributed by atoms with Gasteiger partial charge in [-0.25, -0.2) is 19.5 Å². The van der Waals surface area contributed by atoms with Crippen molar-refractivity contribution in [3.63, 3.8) is 0 Å². The predicted octanol–water partition coefficient (Wildman–Crippen LogP) is 4.29. The number of halogens is 1. The maximum absolute atomic E-state index is 13.3. The molecule has 2 aromatic heterocycles. The number of hydrazone groups is 1. The van der Waals surface area contributed by atoms with Crippen LogP contribution in [-0.4, -0.2) is 21.0 Å². The second-order valence-electron chi connectivity index (χ2n) is 6.11. The molecule has 0 aliphatic heterocycles. The van der Waals surface area contributed by atoms with E-state index in [1.54, 1.807) is 30.0 Å². The normalized spacial score (nSPS) is 10.9. The van der Waals surface area contributed by atoms with Crippen molar-refractivity contribution in [2.24, 2.45) is 5.10 Å². The van der Waals surface area contributed by atoms with Crippen molar-refractivity contribution in [3.8, 4) is 23.0 Å². The molecular weight excluding hydrogens is 371 g/mol. The molecule has 8 heteroatoms. The van der Waals surface area contributed by atoms with Crippen molar-refractivity contribution in [1.82, 2.24) is 14.8 Å². The first-order valence-corrected chi connectivity index (χ1v) is 8.71. The van der Waals surface area contributed by atoms with Crippen LogP contribution in [0.1, 0.15) is 17.1 Å². The highest BCUT2D eigenvalue weighted by molar-refractivity contribution is 5.89. The average molecular weight is 386 g/mol. The number of nitrogens with one attached hydrogen (secondary N) is 1. The van der Waals surface area contributed by atoms with E-state index >= 15 is 0 Å².